The molecule has 98 valence electrons. The molecular weight excluding hydrogens is 240 g/mol. The fourth-order valence-corrected chi connectivity index (χ4v) is 1.89. The normalized spacial score (nSPS) is 10.0. The van der Waals surface area contributed by atoms with Gasteiger partial charge in [0.05, 0.1) is 12.7 Å². The Kier molecular flexibility index (Phi) is 4.18. The van der Waals surface area contributed by atoms with Crippen molar-refractivity contribution in [2.75, 3.05) is 7.11 Å². The first-order chi connectivity index (χ1) is 9.24. The molecule has 0 bridgehead atoms. The fraction of sp³-hybridized carbons (Fsp3) is 0.188. The Balaban J connectivity index is 2.18. The van der Waals surface area contributed by atoms with Gasteiger partial charge in [0.25, 0.3) is 0 Å². The highest BCUT2D eigenvalue weighted by Gasteiger charge is 2.06. The molecule has 0 radical (unpaired) electrons. The minimum atomic E-state index is 0.371. The van der Waals surface area contributed by atoms with Crippen LogP contribution in [0.5, 0.6) is 11.5 Å². The smallest absolute Gasteiger partial charge is 0.153 e. The van der Waals surface area contributed by atoms with Crippen LogP contribution < -0.4 is 9.47 Å². The molecule has 2 aromatic carbocycles. The first-order valence-corrected chi connectivity index (χ1v) is 6.05. The topological polar surface area (TPSA) is 35.5 Å². The van der Waals surface area contributed by atoms with Crippen molar-refractivity contribution in [3.8, 4) is 11.5 Å². The van der Waals surface area contributed by atoms with Crippen LogP contribution in [-0.2, 0) is 6.61 Å². The number of methoxy groups -OCH3 is 1. The molecule has 0 amide bonds. The van der Waals surface area contributed by atoms with E-state index >= 15 is 0 Å². The molecule has 3 nitrogen and oxygen atoms in total. The third-order valence-electron chi connectivity index (χ3n) is 2.87. The number of aryl methyl sites for hydroxylation is 1. The number of hydrogen-bond acceptors (Lipinski definition) is 3. The lowest BCUT2D eigenvalue weighted by Crippen LogP contribution is -2.01. The predicted octanol–water partition coefficient (Wildman–Crippen LogP) is 3.40. The van der Waals surface area contributed by atoms with E-state index in [0.29, 0.717) is 17.9 Å². The zero-order valence-corrected chi connectivity index (χ0v) is 11.1. The Bertz CT molecular complexity index is 576. The van der Waals surface area contributed by atoms with Gasteiger partial charge in [-0.25, -0.2) is 0 Å². The lowest BCUT2D eigenvalue weighted by atomic mass is 10.1. The average Bonchev–Trinajstić information content (AvgIpc) is 2.45. The summed E-state index contributed by atoms with van der Waals surface area (Å²) in [7, 11) is 1.63. The van der Waals surface area contributed by atoms with Crippen LogP contribution in [0.25, 0.3) is 0 Å². The maximum atomic E-state index is 10.9. The monoisotopic (exact) mass is 256 g/mol. The van der Waals surface area contributed by atoms with Gasteiger partial charge in [0.15, 0.2) is 6.29 Å². The molecule has 2 rings (SSSR count). The second-order valence-electron chi connectivity index (χ2n) is 4.26. The standard InChI is InChI=1S/C16H16O3/c1-12-7-8-15(18-2)14(9-12)11-19-16-6-4-3-5-13(16)10-17/h3-10H,11H2,1-2H3. The van der Waals surface area contributed by atoms with Gasteiger partial charge in [-0.05, 0) is 31.2 Å². The number of ether oxygens (including phenoxy) is 2. The summed E-state index contributed by atoms with van der Waals surface area (Å²) >= 11 is 0. The van der Waals surface area contributed by atoms with E-state index in [1.54, 1.807) is 19.2 Å². The fourth-order valence-electron chi connectivity index (χ4n) is 1.89. The maximum Gasteiger partial charge on any atom is 0.153 e. The molecule has 0 aliphatic rings. The van der Waals surface area contributed by atoms with E-state index in [-0.39, 0.29) is 0 Å². The summed E-state index contributed by atoms with van der Waals surface area (Å²) in [6.07, 6.45) is 0.794. The third kappa shape index (κ3) is 3.13. The van der Waals surface area contributed by atoms with E-state index < -0.39 is 0 Å². The largest absolute Gasteiger partial charge is 0.496 e. The van der Waals surface area contributed by atoms with E-state index in [1.807, 2.05) is 37.3 Å². The summed E-state index contributed by atoms with van der Waals surface area (Å²) in [6, 6.07) is 13.1. The van der Waals surface area contributed by atoms with E-state index in [1.165, 1.54) is 0 Å². The Hall–Kier alpha value is -2.29. The number of para-hydroxylation sites is 1. The van der Waals surface area contributed by atoms with Crippen molar-refractivity contribution >= 4 is 6.29 Å². The lowest BCUT2D eigenvalue weighted by Gasteiger charge is -2.12. The molecular formula is C16H16O3. The lowest BCUT2D eigenvalue weighted by molar-refractivity contribution is 0.111. The molecule has 19 heavy (non-hydrogen) atoms. The van der Waals surface area contributed by atoms with Crippen LogP contribution >= 0.6 is 0 Å². The van der Waals surface area contributed by atoms with Crippen molar-refractivity contribution < 1.29 is 14.3 Å². The summed E-state index contributed by atoms with van der Waals surface area (Å²) in [5.74, 6) is 1.37. The van der Waals surface area contributed by atoms with E-state index in [2.05, 4.69) is 0 Å². The van der Waals surface area contributed by atoms with E-state index in [9.17, 15) is 4.79 Å². The van der Waals surface area contributed by atoms with Gasteiger partial charge in [-0.1, -0.05) is 23.8 Å². The summed E-state index contributed by atoms with van der Waals surface area (Å²) in [4.78, 5) is 10.9. The van der Waals surface area contributed by atoms with Crippen LogP contribution in [0.15, 0.2) is 42.5 Å². The van der Waals surface area contributed by atoms with E-state index in [0.717, 1.165) is 23.2 Å². The Labute approximate surface area is 112 Å². The van der Waals surface area contributed by atoms with Gasteiger partial charge in [-0.2, -0.15) is 0 Å². The van der Waals surface area contributed by atoms with Crippen molar-refractivity contribution in [2.24, 2.45) is 0 Å². The Morgan fingerprint density at radius 3 is 2.63 bits per heavy atom. The average molecular weight is 256 g/mol. The number of benzene rings is 2. The second-order valence-corrected chi connectivity index (χ2v) is 4.26. The Morgan fingerprint density at radius 1 is 1.11 bits per heavy atom. The van der Waals surface area contributed by atoms with Crippen LogP contribution in [0.4, 0.5) is 0 Å². The van der Waals surface area contributed by atoms with Gasteiger partial charge in [0, 0.05) is 5.56 Å². The highest BCUT2D eigenvalue weighted by Crippen LogP contribution is 2.23. The quantitative estimate of drug-likeness (QED) is 0.769. The van der Waals surface area contributed by atoms with Crippen molar-refractivity contribution in [3.63, 3.8) is 0 Å². The molecule has 0 spiro atoms. The molecule has 3 heteroatoms. The third-order valence-corrected chi connectivity index (χ3v) is 2.87. The maximum absolute atomic E-state index is 10.9. The number of rotatable bonds is 5. The minimum Gasteiger partial charge on any atom is -0.496 e. The molecule has 0 fully saturated rings. The van der Waals surface area contributed by atoms with Gasteiger partial charge < -0.3 is 9.47 Å². The summed E-state index contributed by atoms with van der Waals surface area (Å²) in [5.41, 5.74) is 2.65. The molecule has 2 aromatic rings. The van der Waals surface area contributed by atoms with Crippen LogP contribution in [0.3, 0.4) is 0 Å². The molecule has 0 saturated carbocycles. The molecule has 0 N–H and O–H groups in total. The van der Waals surface area contributed by atoms with Crippen molar-refractivity contribution in [2.45, 2.75) is 13.5 Å². The number of carbonyl (C=O) groups is 1. The van der Waals surface area contributed by atoms with Gasteiger partial charge in [-0.3, -0.25) is 4.79 Å². The molecule has 0 aliphatic carbocycles. The van der Waals surface area contributed by atoms with Crippen LogP contribution in [0.2, 0.25) is 0 Å². The first-order valence-electron chi connectivity index (χ1n) is 6.05. The number of hydrogen-bond donors (Lipinski definition) is 0. The molecule has 0 atom stereocenters. The summed E-state index contributed by atoms with van der Waals surface area (Å²) in [6.45, 7) is 2.39. The Morgan fingerprint density at radius 2 is 1.89 bits per heavy atom. The summed E-state index contributed by atoms with van der Waals surface area (Å²) < 4.78 is 11.0. The SMILES string of the molecule is COc1ccc(C)cc1COc1ccccc1C=O. The highest BCUT2D eigenvalue weighted by atomic mass is 16.5. The highest BCUT2D eigenvalue weighted by molar-refractivity contribution is 5.79. The predicted molar refractivity (Wildman–Crippen MR) is 73.9 cm³/mol. The van der Waals surface area contributed by atoms with Crippen molar-refractivity contribution in [3.05, 3.63) is 59.2 Å². The number of carbonyl (C=O) groups excluding carboxylic acids is 1. The van der Waals surface area contributed by atoms with Gasteiger partial charge >= 0.3 is 0 Å². The second kappa shape index (κ2) is 6.05. The van der Waals surface area contributed by atoms with Crippen LogP contribution in [0.1, 0.15) is 21.5 Å². The molecule has 0 heterocycles. The minimum absolute atomic E-state index is 0.371. The molecule has 0 aliphatic heterocycles. The van der Waals surface area contributed by atoms with Crippen LogP contribution in [0, 0.1) is 6.92 Å². The zero-order valence-electron chi connectivity index (χ0n) is 11.1. The number of aldehydes is 1. The molecule has 0 aromatic heterocycles. The molecule has 0 unspecified atom stereocenters. The first kappa shape index (κ1) is 13.1. The van der Waals surface area contributed by atoms with Gasteiger partial charge in [0.2, 0.25) is 0 Å². The van der Waals surface area contributed by atoms with Gasteiger partial charge in [-0.15, -0.1) is 0 Å². The van der Waals surface area contributed by atoms with Crippen molar-refractivity contribution in [1.82, 2.24) is 0 Å². The van der Waals surface area contributed by atoms with E-state index in [4.69, 9.17) is 9.47 Å². The van der Waals surface area contributed by atoms with Crippen molar-refractivity contribution in [1.29, 1.82) is 0 Å². The zero-order chi connectivity index (χ0) is 13.7. The van der Waals surface area contributed by atoms with Crippen LogP contribution in [-0.4, -0.2) is 13.4 Å². The molecule has 0 saturated heterocycles. The van der Waals surface area contributed by atoms with Gasteiger partial charge in [0.1, 0.15) is 18.1 Å². The summed E-state index contributed by atoms with van der Waals surface area (Å²) in [5, 5.41) is 0.